The second-order valence-electron chi connectivity index (χ2n) is 6.88. The summed E-state index contributed by atoms with van der Waals surface area (Å²) >= 11 is 0. The predicted octanol–water partition coefficient (Wildman–Crippen LogP) is 6.50. The number of hydrogen-bond donors (Lipinski definition) is 0. The first-order chi connectivity index (χ1) is 11.7. The zero-order chi connectivity index (χ0) is 17.4. The van der Waals surface area contributed by atoms with Crippen molar-refractivity contribution in [2.75, 3.05) is 0 Å². The monoisotopic (exact) mass is 325 g/mol. The Morgan fingerprint density at radius 2 is 1.75 bits per heavy atom. The number of para-hydroxylation sites is 1. The molecule has 1 heterocycles. The smallest absolute Gasteiger partial charge is 0.166 e. The molecule has 0 aliphatic carbocycles. The van der Waals surface area contributed by atoms with E-state index in [9.17, 15) is 4.79 Å². The fourth-order valence-corrected chi connectivity index (χ4v) is 3.48. The van der Waals surface area contributed by atoms with Gasteiger partial charge in [0.15, 0.2) is 5.78 Å². The Hall–Kier alpha value is -1.70. The highest BCUT2D eigenvalue weighted by Crippen LogP contribution is 2.26. The molecule has 1 unspecified atom stereocenters. The van der Waals surface area contributed by atoms with Crippen LogP contribution in [-0.4, -0.2) is 10.8 Å². The van der Waals surface area contributed by atoms with Crippen LogP contribution in [0, 0.1) is 12.8 Å². The minimum absolute atomic E-state index is 0.154. The summed E-state index contributed by atoms with van der Waals surface area (Å²) in [6, 6.07) is 9.98. The summed E-state index contributed by atoms with van der Waals surface area (Å²) in [4.78, 5) is 17.8. The van der Waals surface area contributed by atoms with E-state index in [-0.39, 0.29) is 5.92 Å². The third-order valence-electron chi connectivity index (χ3n) is 4.77. The lowest BCUT2D eigenvalue weighted by Gasteiger charge is -2.17. The quantitative estimate of drug-likeness (QED) is 0.368. The van der Waals surface area contributed by atoms with Crippen molar-refractivity contribution in [3.05, 3.63) is 41.6 Å². The summed E-state index contributed by atoms with van der Waals surface area (Å²) in [6.45, 7) is 6.39. The third kappa shape index (κ3) is 4.90. The molecular weight excluding hydrogens is 294 g/mol. The normalized spacial score (nSPS) is 12.5. The average Bonchev–Trinajstić information content (AvgIpc) is 2.59. The first-order valence-electron chi connectivity index (χ1n) is 9.58. The van der Waals surface area contributed by atoms with Crippen molar-refractivity contribution in [2.45, 2.75) is 72.1 Å². The first kappa shape index (κ1) is 18.6. The standard InChI is InChI=1S/C22H31NO/c1-4-6-7-8-9-13-18(12-5-2)22(24)20-16-17(3)23-21-15-11-10-14-19(20)21/h10-11,14-16,18H,4-9,12-13H2,1-3H3. The van der Waals surface area contributed by atoms with Gasteiger partial charge in [-0.2, -0.15) is 0 Å². The van der Waals surface area contributed by atoms with Crippen LogP contribution in [0.25, 0.3) is 10.9 Å². The molecule has 0 saturated heterocycles. The van der Waals surface area contributed by atoms with Gasteiger partial charge in [0.25, 0.3) is 0 Å². The maximum absolute atomic E-state index is 13.2. The van der Waals surface area contributed by atoms with Crippen LogP contribution in [0.2, 0.25) is 0 Å². The number of fused-ring (bicyclic) bond motifs is 1. The van der Waals surface area contributed by atoms with Crippen molar-refractivity contribution in [1.29, 1.82) is 0 Å². The van der Waals surface area contributed by atoms with Gasteiger partial charge in [-0.15, -0.1) is 0 Å². The van der Waals surface area contributed by atoms with Crippen LogP contribution in [-0.2, 0) is 0 Å². The number of nitrogens with zero attached hydrogens (tertiary/aromatic N) is 1. The van der Waals surface area contributed by atoms with Gasteiger partial charge < -0.3 is 0 Å². The summed E-state index contributed by atoms with van der Waals surface area (Å²) < 4.78 is 0. The Bertz CT molecular complexity index is 662. The van der Waals surface area contributed by atoms with Gasteiger partial charge in [-0.1, -0.05) is 70.6 Å². The molecule has 0 N–H and O–H groups in total. The van der Waals surface area contributed by atoms with E-state index in [1.807, 2.05) is 37.3 Å². The minimum atomic E-state index is 0.154. The van der Waals surface area contributed by atoms with Gasteiger partial charge >= 0.3 is 0 Å². The lowest BCUT2D eigenvalue weighted by atomic mass is 9.87. The highest BCUT2D eigenvalue weighted by Gasteiger charge is 2.21. The number of ketones is 1. The zero-order valence-electron chi connectivity index (χ0n) is 15.5. The number of rotatable bonds is 10. The van der Waals surface area contributed by atoms with Gasteiger partial charge in [0.1, 0.15) is 0 Å². The molecule has 2 aromatic rings. The molecule has 24 heavy (non-hydrogen) atoms. The van der Waals surface area contributed by atoms with Gasteiger partial charge in [0, 0.05) is 22.6 Å². The van der Waals surface area contributed by atoms with E-state index >= 15 is 0 Å². The van der Waals surface area contributed by atoms with Crippen LogP contribution in [0.15, 0.2) is 30.3 Å². The number of carbonyl (C=O) groups is 1. The summed E-state index contributed by atoms with van der Waals surface area (Å²) in [7, 11) is 0. The Morgan fingerprint density at radius 3 is 2.50 bits per heavy atom. The summed E-state index contributed by atoms with van der Waals surface area (Å²) in [6.07, 6.45) is 9.35. The Labute approximate surface area is 146 Å². The lowest BCUT2D eigenvalue weighted by Crippen LogP contribution is -2.16. The molecule has 0 saturated carbocycles. The number of unbranched alkanes of at least 4 members (excludes halogenated alkanes) is 4. The molecule has 0 aliphatic rings. The Kier molecular flexibility index (Phi) is 7.42. The summed E-state index contributed by atoms with van der Waals surface area (Å²) in [5.74, 6) is 0.468. The molecule has 0 amide bonds. The minimum Gasteiger partial charge on any atom is -0.294 e. The second kappa shape index (κ2) is 9.56. The molecule has 2 heteroatoms. The van der Waals surface area contributed by atoms with Crippen LogP contribution in [0.5, 0.6) is 0 Å². The third-order valence-corrected chi connectivity index (χ3v) is 4.77. The van der Waals surface area contributed by atoms with Crippen molar-refractivity contribution in [2.24, 2.45) is 5.92 Å². The van der Waals surface area contributed by atoms with Crippen LogP contribution < -0.4 is 0 Å². The van der Waals surface area contributed by atoms with E-state index in [0.717, 1.165) is 41.4 Å². The van der Waals surface area contributed by atoms with Gasteiger partial charge in [-0.25, -0.2) is 0 Å². The summed E-state index contributed by atoms with van der Waals surface area (Å²) in [5, 5.41) is 1.00. The zero-order valence-corrected chi connectivity index (χ0v) is 15.5. The molecular formula is C22H31NO. The van der Waals surface area contributed by atoms with E-state index in [4.69, 9.17) is 0 Å². The van der Waals surface area contributed by atoms with Crippen LogP contribution in [0.3, 0.4) is 0 Å². The SMILES string of the molecule is CCCCCCCC(CCC)C(=O)c1cc(C)nc2ccccc12. The predicted molar refractivity (Wildman–Crippen MR) is 103 cm³/mol. The van der Waals surface area contributed by atoms with E-state index in [2.05, 4.69) is 18.8 Å². The molecule has 1 atom stereocenters. The molecule has 0 fully saturated rings. The Morgan fingerprint density at radius 1 is 1.00 bits per heavy atom. The van der Waals surface area contributed by atoms with E-state index in [1.165, 1.54) is 32.1 Å². The fourth-order valence-electron chi connectivity index (χ4n) is 3.48. The largest absolute Gasteiger partial charge is 0.294 e. The van der Waals surface area contributed by atoms with Crippen LogP contribution >= 0.6 is 0 Å². The highest BCUT2D eigenvalue weighted by molar-refractivity contribution is 6.08. The molecule has 2 rings (SSSR count). The molecule has 130 valence electrons. The van der Waals surface area contributed by atoms with Crippen molar-refractivity contribution < 1.29 is 4.79 Å². The number of hydrogen-bond acceptors (Lipinski definition) is 2. The lowest BCUT2D eigenvalue weighted by molar-refractivity contribution is 0.0905. The molecule has 0 spiro atoms. The molecule has 2 nitrogen and oxygen atoms in total. The van der Waals surface area contributed by atoms with E-state index in [0.29, 0.717) is 5.78 Å². The van der Waals surface area contributed by atoms with E-state index < -0.39 is 0 Å². The van der Waals surface area contributed by atoms with E-state index in [1.54, 1.807) is 0 Å². The number of benzene rings is 1. The number of aromatic nitrogens is 1. The van der Waals surface area contributed by atoms with Crippen molar-refractivity contribution in [3.8, 4) is 0 Å². The molecule has 1 aromatic carbocycles. The highest BCUT2D eigenvalue weighted by atomic mass is 16.1. The molecule has 0 radical (unpaired) electrons. The maximum atomic E-state index is 13.2. The van der Waals surface area contributed by atoms with Crippen molar-refractivity contribution >= 4 is 16.7 Å². The maximum Gasteiger partial charge on any atom is 0.166 e. The second-order valence-corrected chi connectivity index (χ2v) is 6.88. The number of carbonyl (C=O) groups excluding carboxylic acids is 1. The van der Waals surface area contributed by atoms with Crippen molar-refractivity contribution in [1.82, 2.24) is 4.98 Å². The van der Waals surface area contributed by atoms with Gasteiger partial charge in [-0.3, -0.25) is 9.78 Å². The van der Waals surface area contributed by atoms with Gasteiger partial charge in [-0.05, 0) is 31.9 Å². The molecule has 0 bridgehead atoms. The fraction of sp³-hybridized carbons (Fsp3) is 0.545. The van der Waals surface area contributed by atoms with Crippen LogP contribution in [0.1, 0.15) is 81.3 Å². The van der Waals surface area contributed by atoms with Crippen LogP contribution in [0.4, 0.5) is 0 Å². The topological polar surface area (TPSA) is 30.0 Å². The molecule has 1 aromatic heterocycles. The number of Topliss-reactive ketones (excluding diaryl/α,β-unsaturated/α-hetero) is 1. The first-order valence-corrected chi connectivity index (χ1v) is 9.58. The number of aryl methyl sites for hydroxylation is 1. The average molecular weight is 325 g/mol. The van der Waals surface area contributed by atoms with Crippen molar-refractivity contribution in [3.63, 3.8) is 0 Å². The van der Waals surface area contributed by atoms with Gasteiger partial charge in [0.05, 0.1) is 5.52 Å². The van der Waals surface area contributed by atoms with Gasteiger partial charge in [0.2, 0.25) is 0 Å². The molecule has 0 aliphatic heterocycles. The Balaban J connectivity index is 2.17. The number of pyridine rings is 1. The summed E-state index contributed by atoms with van der Waals surface area (Å²) in [5.41, 5.74) is 2.72.